The number of hydrogen-bond donors (Lipinski definition) is 0. The summed E-state index contributed by atoms with van der Waals surface area (Å²) in [7, 11) is 4.29. The van der Waals surface area contributed by atoms with Gasteiger partial charge in [-0.3, -0.25) is 9.58 Å². The second-order valence-electron chi connectivity index (χ2n) is 7.61. The second-order valence-corrected chi connectivity index (χ2v) is 7.61. The minimum Gasteiger partial charge on any atom is -0.378 e. The average Bonchev–Trinajstić information content (AvgIpc) is 2.89. The third kappa shape index (κ3) is 3.43. The number of ether oxygens (including phenoxy) is 2. The second kappa shape index (κ2) is 7.23. The van der Waals surface area contributed by atoms with E-state index in [1.807, 2.05) is 0 Å². The molecule has 0 unspecified atom stereocenters. The quantitative estimate of drug-likeness (QED) is 0.791. The highest BCUT2D eigenvalue weighted by Crippen LogP contribution is 2.29. The number of hydrogen-bond acceptors (Lipinski definition) is 6. The SMILES string of the molecule is Cc1nn(C)c(N2CCOCC2)c1CN1CCO[C@@H]2CCN(C)C[C@H]21. The third-order valence-electron chi connectivity index (χ3n) is 5.89. The van der Waals surface area contributed by atoms with Crippen molar-refractivity contribution in [2.24, 2.45) is 7.05 Å². The van der Waals surface area contributed by atoms with E-state index >= 15 is 0 Å². The number of likely N-dealkylation sites (N-methyl/N-ethyl adjacent to an activating group) is 1. The van der Waals surface area contributed by atoms with E-state index in [1.165, 1.54) is 11.4 Å². The summed E-state index contributed by atoms with van der Waals surface area (Å²) in [4.78, 5) is 7.49. The highest BCUT2D eigenvalue weighted by molar-refractivity contribution is 5.50. The van der Waals surface area contributed by atoms with Gasteiger partial charge >= 0.3 is 0 Å². The van der Waals surface area contributed by atoms with E-state index in [-0.39, 0.29) is 0 Å². The first-order valence-corrected chi connectivity index (χ1v) is 9.53. The largest absolute Gasteiger partial charge is 0.378 e. The van der Waals surface area contributed by atoms with E-state index in [9.17, 15) is 0 Å². The molecule has 1 aromatic rings. The predicted molar refractivity (Wildman–Crippen MR) is 97.0 cm³/mol. The van der Waals surface area contributed by atoms with Crippen molar-refractivity contribution >= 4 is 5.82 Å². The van der Waals surface area contributed by atoms with Gasteiger partial charge in [-0.2, -0.15) is 5.10 Å². The minimum atomic E-state index is 0.383. The fraction of sp³-hybridized carbons (Fsp3) is 0.833. The molecule has 25 heavy (non-hydrogen) atoms. The summed E-state index contributed by atoms with van der Waals surface area (Å²) in [5.41, 5.74) is 2.52. The van der Waals surface area contributed by atoms with E-state index < -0.39 is 0 Å². The zero-order valence-electron chi connectivity index (χ0n) is 15.8. The number of fused-ring (bicyclic) bond motifs is 1. The van der Waals surface area contributed by atoms with Crippen LogP contribution in [0.4, 0.5) is 5.82 Å². The summed E-state index contributed by atoms with van der Waals surface area (Å²) < 4.78 is 13.7. The Kier molecular flexibility index (Phi) is 4.99. The van der Waals surface area contributed by atoms with Crippen molar-refractivity contribution in [3.8, 4) is 0 Å². The van der Waals surface area contributed by atoms with Gasteiger partial charge in [0, 0.05) is 57.9 Å². The Morgan fingerprint density at radius 1 is 1.08 bits per heavy atom. The fourth-order valence-electron chi connectivity index (χ4n) is 4.55. The van der Waals surface area contributed by atoms with Crippen molar-refractivity contribution < 1.29 is 9.47 Å². The lowest BCUT2D eigenvalue weighted by molar-refractivity contribution is -0.103. The maximum Gasteiger partial charge on any atom is 0.131 e. The normalized spacial score (nSPS) is 29.0. The van der Waals surface area contributed by atoms with Crippen molar-refractivity contribution in [1.82, 2.24) is 19.6 Å². The van der Waals surface area contributed by atoms with Crippen LogP contribution in [0.15, 0.2) is 0 Å². The van der Waals surface area contributed by atoms with Gasteiger partial charge in [-0.1, -0.05) is 0 Å². The maximum atomic E-state index is 6.06. The Hall–Kier alpha value is -1.15. The Morgan fingerprint density at radius 3 is 2.68 bits per heavy atom. The molecule has 0 saturated carbocycles. The van der Waals surface area contributed by atoms with Gasteiger partial charge in [-0.25, -0.2) is 0 Å². The molecule has 140 valence electrons. The topological polar surface area (TPSA) is 46.0 Å². The van der Waals surface area contributed by atoms with Gasteiger partial charge in [0.25, 0.3) is 0 Å². The van der Waals surface area contributed by atoms with Crippen molar-refractivity contribution in [3.05, 3.63) is 11.3 Å². The molecule has 0 radical (unpaired) electrons. The number of likely N-dealkylation sites (tertiary alicyclic amines) is 1. The van der Waals surface area contributed by atoms with Crippen LogP contribution in [0.5, 0.6) is 0 Å². The van der Waals surface area contributed by atoms with Gasteiger partial charge in [0.2, 0.25) is 0 Å². The van der Waals surface area contributed by atoms with Crippen LogP contribution in [0.25, 0.3) is 0 Å². The molecule has 3 aliphatic heterocycles. The lowest BCUT2D eigenvalue weighted by Crippen LogP contribution is -2.58. The summed E-state index contributed by atoms with van der Waals surface area (Å²) in [6.07, 6.45) is 1.52. The molecule has 3 fully saturated rings. The van der Waals surface area contributed by atoms with Gasteiger partial charge < -0.3 is 19.3 Å². The summed E-state index contributed by atoms with van der Waals surface area (Å²) >= 11 is 0. The van der Waals surface area contributed by atoms with E-state index in [2.05, 4.69) is 40.4 Å². The zero-order valence-corrected chi connectivity index (χ0v) is 15.8. The van der Waals surface area contributed by atoms with Gasteiger partial charge in [0.05, 0.1) is 31.6 Å². The van der Waals surface area contributed by atoms with Gasteiger partial charge in [-0.05, 0) is 20.4 Å². The number of nitrogens with zero attached hydrogens (tertiary/aromatic N) is 5. The van der Waals surface area contributed by atoms with Crippen LogP contribution >= 0.6 is 0 Å². The van der Waals surface area contributed by atoms with Gasteiger partial charge in [-0.15, -0.1) is 0 Å². The lowest BCUT2D eigenvalue weighted by atomic mass is 9.98. The minimum absolute atomic E-state index is 0.383. The first-order chi connectivity index (χ1) is 12.1. The Bertz CT molecular complexity index is 599. The zero-order chi connectivity index (χ0) is 17.4. The molecule has 7 nitrogen and oxygen atoms in total. The number of piperidine rings is 1. The van der Waals surface area contributed by atoms with Crippen LogP contribution in [-0.4, -0.2) is 91.3 Å². The summed E-state index contributed by atoms with van der Waals surface area (Å²) in [6.45, 7) is 10.7. The molecular formula is C18H31N5O2. The van der Waals surface area contributed by atoms with E-state index in [0.717, 1.165) is 71.2 Å². The number of aryl methyl sites for hydroxylation is 2. The molecule has 1 aromatic heterocycles. The van der Waals surface area contributed by atoms with Crippen molar-refractivity contribution in [1.29, 1.82) is 0 Å². The van der Waals surface area contributed by atoms with Gasteiger partial charge in [0.15, 0.2) is 0 Å². The molecule has 4 rings (SSSR count). The van der Waals surface area contributed by atoms with E-state index in [0.29, 0.717) is 12.1 Å². The van der Waals surface area contributed by atoms with Crippen LogP contribution in [0.1, 0.15) is 17.7 Å². The van der Waals surface area contributed by atoms with Crippen molar-refractivity contribution in [2.75, 3.05) is 64.5 Å². The number of anilines is 1. The first-order valence-electron chi connectivity index (χ1n) is 9.53. The summed E-state index contributed by atoms with van der Waals surface area (Å²) in [5, 5.41) is 4.74. The molecule has 0 amide bonds. The Morgan fingerprint density at radius 2 is 1.88 bits per heavy atom. The smallest absolute Gasteiger partial charge is 0.131 e. The third-order valence-corrected chi connectivity index (χ3v) is 5.89. The average molecular weight is 349 g/mol. The highest BCUT2D eigenvalue weighted by Gasteiger charge is 2.37. The van der Waals surface area contributed by atoms with Crippen LogP contribution in [0.3, 0.4) is 0 Å². The molecule has 0 bridgehead atoms. The molecule has 3 saturated heterocycles. The molecule has 4 heterocycles. The van der Waals surface area contributed by atoms with Crippen LogP contribution in [0.2, 0.25) is 0 Å². The maximum absolute atomic E-state index is 6.06. The van der Waals surface area contributed by atoms with E-state index in [4.69, 9.17) is 14.6 Å². The molecule has 0 spiro atoms. The molecule has 0 N–H and O–H groups in total. The van der Waals surface area contributed by atoms with Crippen molar-refractivity contribution in [2.45, 2.75) is 32.0 Å². The lowest BCUT2D eigenvalue weighted by Gasteiger charge is -2.46. The number of rotatable bonds is 3. The van der Waals surface area contributed by atoms with Crippen LogP contribution in [0, 0.1) is 6.92 Å². The van der Waals surface area contributed by atoms with Crippen LogP contribution in [-0.2, 0) is 23.1 Å². The standard InChI is InChI=1S/C18H31N5O2/c1-14-15(18(21(3)19-14)22-6-9-24-10-7-22)12-23-8-11-25-17-4-5-20(2)13-16(17)23/h16-17H,4-13H2,1-3H3/t16-,17-/m1/s1. The number of morpholine rings is 2. The van der Waals surface area contributed by atoms with Gasteiger partial charge in [0.1, 0.15) is 5.82 Å². The monoisotopic (exact) mass is 349 g/mol. The van der Waals surface area contributed by atoms with Crippen LogP contribution < -0.4 is 4.90 Å². The molecule has 0 aromatic carbocycles. The highest BCUT2D eigenvalue weighted by atomic mass is 16.5. The molecular weight excluding hydrogens is 318 g/mol. The molecule has 2 atom stereocenters. The Labute approximate surface area is 150 Å². The molecule has 7 heteroatoms. The Balaban J connectivity index is 1.57. The van der Waals surface area contributed by atoms with Crippen molar-refractivity contribution in [3.63, 3.8) is 0 Å². The molecule has 3 aliphatic rings. The molecule has 0 aliphatic carbocycles. The summed E-state index contributed by atoms with van der Waals surface area (Å²) in [5.74, 6) is 1.27. The fourth-order valence-corrected chi connectivity index (χ4v) is 4.55. The first kappa shape index (κ1) is 17.3. The van der Waals surface area contributed by atoms with E-state index in [1.54, 1.807) is 0 Å². The number of aromatic nitrogens is 2. The summed E-state index contributed by atoms with van der Waals surface area (Å²) in [6, 6.07) is 0.490. The predicted octanol–water partition coefficient (Wildman–Crippen LogP) is 0.470.